The molecule has 0 spiro atoms. The summed E-state index contributed by atoms with van der Waals surface area (Å²) in [5.41, 5.74) is 1.97. The largest absolute Gasteiger partial charge is 0.388 e. The third kappa shape index (κ3) is 4.04. The van der Waals surface area contributed by atoms with Crippen LogP contribution in [0.5, 0.6) is 0 Å². The minimum absolute atomic E-state index is 0.0815. The molecule has 5 heteroatoms. The molecule has 2 rings (SSSR count). The zero-order valence-electron chi connectivity index (χ0n) is 12.5. The van der Waals surface area contributed by atoms with E-state index in [0.29, 0.717) is 5.56 Å². The van der Waals surface area contributed by atoms with Crippen molar-refractivity contribution in [3.8, 4) is 0 Å². The first-order chi connectivity index (χ1) is 9.89. The Balaban J connectivity index is 1.77. The molecule has 21 heavy (non-hydrogen) atoms. The Bertz CT molecular complexity index is 550. The van der Waals surface area contributed by atoms with E-state index in [1.807, 2.05) is 19.9 Å². The van der Waals surface area contributed by atoms with Crippen LogP contribution >= 0.6 is 0 Å². The zero-order chi connectivity index (χ0) is 15.5. The van der Waals surface area contributed by atoms with Crippen molar-refractivity contribution >= 4 is 11.8 Å². The molecule has 1 fully saturated rings. The first-order valence-corrected chi connectivity index (χ1v) is 7.24. The number of hydrogen-bond donors (Lipinski definition) is 3. The standard InChI is InChI=1S/C16H22N2O3/c1-11-4-5-13(8-12(11)2)15(20)17-9-14(19)18-10-16(21)6-3-7-16/h4-5,8,21H,3,6-7,9-10H2,1-2H3,(H,17,20)(H,18,19). The number of rotatable bonds is 5. The van der Waals surface area contributed by atoms with Crippen LogP contribution in [0, 0.1) is 13.8 Å². The minimum Gasteiger partial charge on any atom is -0.388 e. The van der Waals surface area contributed by atoms with E-state index in [0.717, 1.165) is 30.4 Å². The van der Waals surface area contributed by atoms with Gasteiger partial charge in [-0.15, -0.1) is 0 Å². The minimum atomic E-state index is -0.742. The van der Waals surface area contributed by atoms with E-state index in [4.69, 9.17) is 0 Å². The molecule has 0 unspecified atom stereocenters. The highest BCUT2D eigenvalue weighted by Crippen LogP contribution is 2.30. The van der Waals surface area contributed by atoms with Gasteiger partial charge in [0.25, 0.3) is 5.91 Å². The molecule has 0 radical (unpaired) electrons. The summed E-state index contributed by atoms with van der Waals surface area (Å²) in [6.07, 6.45) is 2.44. The van der Waals surface area contributed by atoms with Crippen molar-refractivity contribution in [3.63, 3.8) is 0 Å². The zero-order valence-corrected chi connectivity index (χ0v) is 12.5. The van der Waals surface area contributed by atoms with E-state index < -0.39 is 5.60 Å². The van der Waals surface area contributed by atoms with Gasteiger partial charge in [-0.1, -0.05) is 6.07 Å². The SMILES string of the molecule is Cc1ccc(C(=O)NCC(=O)NCC2(O)CCC2)cc1C. The fraction of sp³-hybridized carbons (Fsp3) is 0.500. The summed E-state index contributed by atoms with van der Waals surface area (Å²) in [4.78, 5) is 23.6. The summed E-state index contributed by atoms with van der Waals surface area (Å²) < 4.78 is 0. The maximum atomic E-state index is 11.9. The average molecular weight is 290 g/mol. The molecule has 1 aromatic rings. The highest BCUT2D eigenvalue weighted by atomic mass is 16.3. The molecule has 114 valence electrons. The maximum Gasteiger partial charge on any atom is 0.251 e. The number of carbonyl (C=O) groups excluding carboxylic acids is 2. The van der Waals surface area contributed by atoms with Crippen LogP contribution in [0.4, 0.5) is 0 Å². The molecule has 0 aliphatic heterocycles. The van der Waals surface area contributed by atoms with Crippen LogP contribution in [-0.2, 0) is 4.79 Å². The van der Waals surface area contributed by atoms with E-state index >= 15 is 0 Å². The molecule has 1 aliphatic rings. The highest BCUT2D eigenvalue weighted by Gasteiger charge is 2.34. The van der Waals surface area contributed by atoms with Crippen LogP contribution in [0.25, 0.3) is 0 Å². The van der Waals surface area contributed by atoms with Gasteiger partial charge in [-0.3, -0.25) is 9.59 Å². The van der Waals surface area contributed by atoms with Gasteiger partial charge in [0.2, 0.25) is 5.91 Å². The third-order valence-corrected chi connectivity index (χ3v) is 4.08. The summed E-state index contributed by atoms with van der Waals surface area (Å²) >= 11 is 0. The van der Waals surface area contributed by atoms with Crippen molar-refractivity contribution < 1.29 is 14.7 Å². The number of hydrogen-bond acceptors (Lipinski definition) is 3. The van der Waals surface area contributed by atoms with Crippen molar-refractivity contribution in [2.45, 2.75) is 38.7 Å². The van der Waals surface area contributed by atoms with Crippen molar-refractivity contribution in [3.05, 3.63) is 34.9 Å². The van der Waals surface area contributed by atoms with Crippen LogP contribution in [0.2, 0.25) is 0 Å². The predicted octanol–water partition coefficient (Wildman–Crippen LogP) is 1.06. The number of amides is 2. The quantitative estimate of drug-likeness (QED) is 0.759. The summed E-state index contributed by atoms with van der Waals surface area (Å²) in [5.74, 6) is -0.553. The van der Waals surface area contributed by atoms with Crippen LogP contribution < -0.4 is 10.6 Å². The molecule has 1 saturated carbocycles. The Hall–Kier alpha value is -1.88. The molecule has 0 saturated heterocycles. The lowest BCUT2D eigenvalue weighted by molar-refractivity contribution is -0.122. The lowest BCUT2D eigenvalue weighted by Crippen LogP contribution is -2.49. The van der Waals surface area contributed by atoms with Gasteiger partial charge in [0.05, 0.1) is 12.1 Å². The lowest BCUT2D eigenvalue weighted by Gasteiger charge is -2.36. The van der Waals surface area contributed by atoms with Crippen molar-refractivity contribution in [1.82, 2.24) is 10.6 Å². The first-order valence-electron chi connectivity index (χ1n) is 7.24. The Labute approximate surface area is 124 Å². The van der Waals surface area contributed by atoms with Crippen molar-refractivity contribution in [2.24, 2.45) is 0 Å². The molecule has 5 nitrogen and oxygen atoms in total. The van der Waals surface area contributed by atoms with E-state index in [1.54, 1.807) is 12.1 Å². The number of aryl methyl sites for hydroxylation is 2. The fourth-order valence-corrected chi connectivity index (χ4v) is 2.23. The molecule has 3 N–H and O–H groups in total. The fourth-order valence-electron chi connectivity index (χ4n) is 2.23. The second-order valence-electron chi connectivity index (χ2n) is 5.84. The predicted molar refractivity (Wildman–Crippen MR) is 80.1 cm³/mol. The Morgan fingerprint density at radius 3 is 2.48 bits per heavy atom. The second-order valence-corrected chi connectivity index (χ2v) is 5.84. The van der Waals surface area contributed by atoms with Crippen LogP contribution in [-0.4, -0.2) is 35.6 Å². The Kier molecular flexibility index (Phi) is 4.63. The van der Waals surface area contributed by atoms with Crippen molar-refractivity contribution in [1.29, 1.82) is 0 Å². The number of benzene rings is 1. The highest BCUT2D eigenvalue weighted by molar-refractivity contribution is 5.96. The average Bonchev–Trinajstić information content (AvgIpc) is 2.43. The van der Waals surface area contributed by atoms with Gasteiger partial charge in [0.1, 0.15) is 0 Å². The van der Waals surface area contributed by atoms with Gasteiger partial charge in [-0.2, -0.15) is 0 Å². The number of aliphatic hydroxyl groups is 1. The van der Waals surface area contributed by atoms with E-state index in [2.05, 4.69) is 10.6 Å². The van der Waals surface area contributed by atoms with E-state index in [1.165, 1.54) is 0 Å². The molecular formula is C16H22N2O3. The Morgan fingerprint density at radius 1 is 1.19 bits per heavy atom. The van der Waals surface area contributed by atoms with Crippen molar-refractivity contribution in [2.75, 3.05) is 13.1 Å². The van der Waals surface area contributed by atoms with Crippen LogP contribution in [0.15, 0.2) is 18.2 Å². The summed E-state index contributed by atoms with van der Waals surface area (Å²) in [5, 5.41) is 15.1. The topological polar surface area (TPSA) is 78.4 Å². The molecule has 0 aromatic heterocycles. The third-order valence-electron chi connectivity index (χ3n) is 4.08. The molecule has 0 heterocycles. The molecule has 2 amide bonds. The van der Waals surface area contributed by atoms with E-state index in [-0.39, 0.29) is 24.9 Å². The first kappa shape index (κ1) is 15.5. The maximum absolute atomic E-state index is 11.9. The molecule has 1 aliphatic carbocycles. The van der Waals surface area contributed by atoms with Gasteiger partial charge in [0, 0.05) is 12.1 Å². The number of nitrogens with one attached hydrogen (secondary N) is 2. The molecule has 1 aromatic carbocycles. The second kappa shape index (κ2) is 6.26. The smallest absolute Gasteiger partial charge is 0.251 e. The molecule has 0 bridgehead atoms. The van der Waals surface area contributed by atoms with Crippen LogP contribution in [0.1, 0.15) is 40.7 Å². The van der Waals surface area contributed by atoms with Crippen LogP contribution in [0.3, 0.4) is 0 Å². The summed E-state index contributed by atoms with van der Waals surface area (Å²) in [7, 11) is 0. The van der Waals surface area contributed by atoms with Gasteiger partial charge >= 0.3 is 0 Å². The van der Waals surface area contributed by atoms with E-state index in [9.17, 15) is 14.7 Å². The lowest BCUT2D eigenvalue weighted by atomic mass is 9.80. The molecular weight excluding hydrogens is 268 g/mol. The normalized spacial score (nSPS) is 16.0. The van der Waals surface area contributed by atoms with Gasteiger partial charge in [0.15, 0.2) is 0 Å². The molecule has 0 atom stereocenters. The summed E-state index contributed by atoms with van der Waals surface area (Å²) in [6.45, 7) is 4.10. The number of carbonyl (C=O) groups is 2. The monoisotopic (exact) mass is 290 g/mol. The Morgan fingerprint density at radius 2 is 1.90 bits per heavy atom. The van der Waals surface area contributed by atoms with Gasteiger partial charge < -0.3 is 15.7 Å². The summed E-state index contributed by atoms with van der Waals surface area (Å²) in [6, 6.07) is 5.43. The van der Waals surface area contributed by atoms with Gasteiger partial charge in [-0.05, 0) is 56.4 Å². The van der Waals surface area contributed by atoms with Gasteiger partial charge in [-0.25, -0.2) is 0 Å².